The first-order valence-electron chi connectivity index (χ1n) is 10.1. The fraction of sp³-hybridized carbons (Fsp3) is 0.762. The maximum Gasteiger partial charge on any atom is 0.303 e. The van der Waals surface area contributed by atoms with Crippen LogP contribution in [0.15, 0.2) is 24.3 Å². The molecule has 5 heteroatoms. The Balaban J connectivity index is 1.82. The average molecular weight is 366 g/mol. The van der Waals surface area contributed by atoms with Crippen LogP contribution in [0.3, 0.4) is 0 Å². The normalized spacial score (nSPS) is 29.6. The number of aliphatic hydroxyl groups excluding tert-OH is 1. The topological polar surface area (TPSA) is 76.0 Å². The summed E-state index contributed by atoms with van der Waals surface area (Å²) in [6.07, 6.45) is 15.3. The molecule has 0 amide bonds. The molecule has 0 radical (unpaired) electrons. The van der Waals surface area contributed by atoms with Crippen LogP contribution in [0, 0.1) is 11.8 Å². The van der Waals surface area contributed by atoms with Gasteiger partial charge in [0.2, 0.25) is 0 Å². The molecule has 2 bridgehead atoms. The Kier molecular flexibility index (Phi) is 9.37. The van der Waals surface area contributed by atoms with Gasteiger partial charge in [-0.1, -0.05) is 50.5 Å². The first kappa shape index (κ1) is 21.1. The van der Waals surface area contributed by atoms with E-state index in [1.807, 2.05) is 12.2 Å². The molecule has 5 atom stereocenters. The molecule has 0 aromatic rings. The van der Waals surface area contributed by atoms with E-state index in [2.05, 4.69) is 19.1 Å². The summed E-state index contributed by atoms with van der Waals surface area (Å²) < 4.78 is 11.7. The minimum atomic E-state index is -0.740. The summed E-state index contributed by atoms with van der Waals surface area (Å²) >= 11 is 0. The van der Waals surface area contributed by atoms with E-state index < -0.39 is 12.1 Å². The Morgan fingerprint density at radius 3 is 2.88 bits per heavy atom. The zero-order valence-electron chi connectivity index (χ0n) is 15.9. The third kappa shape index (κ3) is 7.22. The van der Waals surface area contributed by atoms with Crippen molar-refractivity contribution in [2.75, 3.05) is 6.61 Å². The lowest BCUT2D eigenvalue weighted by Crippen LogP contribution is -2.35. The van der Waals surface area contributed by atoms with Gasteiger partial charge in [-0.3, -0.25) is 4.79 Å². The number of ether oxygens (including phenoxy) is 2. The van der Waals surface area contributed by atoms with Crippen molar-refractivity contribution in [1.29, 1.82) is 0 Å². The zero-order valence-corrected chi connectivity index (χ0v) is 15.9. The standard InChI is InChI=1S/C21H34O5/c1-2-3-6-9-17(22)12-13-19-18(16-14-21(26-19)25-15-16)10-7-4-5-8-11-20(23)24/h4,7,12-13,16-19,21-22H,2-3,5-6,8-11,14-15H2,1H3,(H,23,24)/b7-4-,13-12+/t16-,17-,18-,19?,21+/m0/s1. The molecule has 1 unspecified atom stereocenters. The van der Waals surface area contributed by atoms with Crippen molar-refractivity contribution in [3.8, 4) is 0 Å². The van der Waals surface area contributed by atoms with Crippen molar-refractivity contribution < 1.29 is 24.5 Å². The van der Waals surface area contributed by atoms with E-state index in [0.717, 1.165) is 51.6 Å². The quantitative estimate of drug-likeness (QED) is 0.402. The van der Waals surface area contributed by atoms with Crippen LogP contribution in [0.4, 0.5) is 0 Å². The van der Waals surface area contributed by atoms with E-state index in [4.69, 9.17) is 14.6 Å². The van der Waals surface area contributed by atoms with Crippen molar-refractivity contribution in [2.45, 2.75) is 83.2 Å². The molecule has 26 heavy (non-hydrogen) atoms. The molecule has 2 aliphatic heterocycles. The highest BCUT2D eigenvalue weighted by Crippen LogP contribution is 2.39. The van der Waals surface area contributed by atoms with Crippen molar-refractivity contribution in [1.82, 2.24) is 0 Å². The van der Waals surface area contributed by atoms with E-state index >= 15 is 0 Å². The predicted octanol–water partition coefficient (Wildman–Crippen LogP) is 4.06. The Bertz CT molecular complexity index is 473. The van der Waals surface area contributed by atoms with Crippen LogP contribution >= 0.6 is 0 Å². The Morgan fingerprint density at radius 2 is 2.12 bits per heavy atom. The molecule has 2 saturated heterocycles. The van der Waals surface area contributed by atoms with Gasteiger partial charge in [0.05, 0.1) is 18.8 Å². The molecule has 2 aliphatic rings. The molecular weight excluding hydrogens is 332 g/mol. The zero-order chi connectivity index (χ0) is 18.8. The summed E-state index contributed by atoms with van der Waals surface area (Å²) in [4.78, 5) is 10.5. The third-order valence-corrected chi connectivity index (χ3v) is 5.29. The molecule has 5 nitrogen and oxygen atoms in total. The maximum absolute atomic E-state index is 10.5. The van der Waals surface area contributed by atoms with Crippen LogP contribution in [-0.4, -0.2) is 41.3 Å². The summed E-state index contributed by atoms with van der Waals surface area (Å²) in [6, 6.07) is 0. The predicted molar refractivity (Wildman–Crippen MR) is 101 cm³/mol. The van der Waals surface area contributed by atoms with E-state index in [1.54, 1.807) is 0 Å². The van der Waals surface area contributed by atoms with Gasteiger partial charge in [-0.15, -0.1) is 0 Å². The van der Waals surface area contributed by atoms with E-state index in [1.165, 1.54) is 0 Å². The first-order chi connectivity index (χ1) is 12.6. The van der Waals surface area contributed by atoms with Crippen LogP contribution in [0.2, 0.25) is 0 Å². The van der Waals surface area contributed by atoms with Gasteiger partial charge < -0.3 is 19.7 Å². The fourth-order valence-electron chi connectivity index (χ4n) is 3.75. The SMILES string of the molecule is CCCCC[C@H](O)/C=C/C1O[C@@H]2C[C@@H](CO2)[C@@H]1C/C=C\CCCC(=O)O. The smallest absolute Gasteiger partial charge is 0.303 e. The summed E-state index contributed by atoms with van der Waals surface area (Å²) in [7, 11) is 0. The molecule has 2 rings (SSSR count). The molecule has 0 saturated carbocycles. The summed E-state index contributed by atoms with van der Waals surface area (Å²) in [6.45, 7) is 2.90. The molecule has 0 aromatic heterocycles. The maximum atomic E-state index is 10.5. The summed E-state index contributed by atoms with van der Waals surface area (Å²) in [5, 5.41) is 18.8. The molecular formula is C21H34O5. The average Bonchev–Trinajstić information content (AvgIpc) is 3.00. The number of carboxylic acid groups (broad SMARTS) is 1. The van der Waals surface area contributed by atoms with E-state index in [0.29, 0.717) is 18.3 Å². The molecule has 148 valence electrons. The molecule has 2 N–H and O–H groups in total. The van der Waals surface area contributed by atoms with E-state index in [9.17, 15) is 9.90 Å². The summed E-state index contributed by atoms with van der Waals surface area (Å²) in [5.74, 6) is 0.101. The van der Waals surface area contributed by atoms with Gasteiger partial charge in [0.15, 0.2) is 6.29 Å². The number of aliphatic carboxylic acids is 1. The highest BCUT2D eigenvalue weighted by Gasteiger charge is 2.42. The van der Waals surface area contributed by atoms with Crippen LogP contribution in [0.5, 0.6) is 0 Å². The van der Waals surface area contributed by atoms with Gasteiger partial charge in [0.1, 0.15) is 0 Å². The lowest BCUT2D eigenvalue weighted by atomic mass is 9.81. The number of fused-ring (bicyclic) bond motifs is 2. The van der Waals surface area contributed by atoms with E-state index in [-0.39, 0.29) is 18.8 Å². The largest absolute Gasteiger partial charge is 0.481 e. The van der Waals surface area contributed by atoms with Crippen LogP contribution < -0.4 is 0 Å². The fourth-order valence-corrected chi connectivity index (χ4v) is 3.75. The van der Waals surface area contributed by atoms with Gasteiger partial charge in [-0.05, 0) is 37.5 Å². The lowest BCUT2D eigenvalue weighted by Gasteiger charge is -2.33. The van der Waals surface area contributed by atoms with Crippen LogP contribution in [0.25, 0.3) is 0 Å². The molecule has 0 spiro atoms. The number of rotatable bonds is 12. The van der Waals surface area contributed by atoms with Gasteiger partial charge >= 0.3 is 5.97 Å². The lowest BCUT2D eigenvalue weighted by molar-refractivity contribution is -0.147. The number of aliphatic hydroxyl groups is 1. The molecule has 0 aromatic carbocycles. The minimum Gasteiger partial charge on any atom is -0.481 e. The number of carbonyl (C=O) groups is 1. The Hall–Kier alpha value is -1.17. The number of hydrogen-bond acceptors (Lipinski definition) is 4. The van der Waals surface area contributed by atoms with Crippen LogP contribution in [-0.2, 0) is 14.3 Å². The number of unbranched alkanes of at least 4 members (excludes halogenated alkanes) is 3. The van der Waals surface area contributed by atoms with Gasteiger partial charge in [0.25, 0.3) is 0 Å². The van der Waals surface area contributed by atoms with Gasteiger partial charge in [-0.2, -0.15) is 0 Å². The second-order valence-electron chi connectivity index (χ2n) is 7.46. The van der Waals surface area contributed by atoms with Gasteiger partial charge in [-0.25, -0.2) is 0 Å². The number of hydrogen-bond donors (Lipinski definition) is 2. The highest BCUT2D eigenvalue weighted by atomic mass is 16.7. The minimum absolute atomic E-state index is 0.0225. The van der Waals surface area contributed by atoms with Gasteiger partial charge in [0, 0.05) is 12.8 Å². The van der Waals surface area contributed by atoms with Crippen molar-refractivity contribution in [3.63, 3.8) is 0 Å². The number of allylic oxidation sites excluding steroid dienone is 2. The van der Waals surface area contributed by atoms with Crippen molar-refractivity contribution in [2.24, 2.45) is 11.8 Å². The first-order valence-corrected chi connectivity index (χ1v) is 10.1. The Labute approximate surface area is 157 Å². The number of carboxylic acids is 1. The molecule has 2 heterocycles. The third-order valence-electron chi connectivity index (χ3n) is 5.29. The highest BCUT2D eigenvalue weighted by molar-refractivity contribution is 5.66. The van der Waals surface area contributed by atoms with Crippen LogP contribution in [0.1, 0.15) is 64.7 Å². The van der Waals surface area contributed by atoms with Crippen molar-refractivity contribution in [3.05, 3.63) is 24.3 Å². The monoisotopic (exact) mass is 366 g/mol. The second-order valence-corrected chi connectivity index (χ2v) is 7.46. The van der Waals surface area contributed by atoms with Crippen molar-refractivity contribution >= 4 is 5.97 Å². The molecule has 0 aliphatic carbocycles. The summed E-state index contributed by atoms with van der Waals surface area (Å²) in [5.41, 5.74) is 0. The second kappa shape index (κ2) is 11.5. The Morgan fingerprint density at radius 1 is 1.27 bits per heavy atom. The molecule has 2 fully saturated rings.